The minimum absolute atomic E-state index is 0.0623. The normalized spacial score (nSPS) is 16.4. The van der Waals surface area contributed by atoms with Crippen molar-refractivity contribution in [1.82, 2.24) is 10.3 Å². The summed E-state index contributed by atoms with van der Waals surface area (Å²) in [6.45, 7) is 2.96. The summed E-state index contributed by atoms with van der Waals surface area (Å²) in [5.74, 6) is 0.0602. The van der Waals surface area contributed by atoms with Crippen molar-refractivity contribution in [2.45, 2.75) is 26.3 Å². The topological polar surface area (TPSA) is 91.2 Å². The Labute approximate surface area is 162 Å². The van der Waals surface area contributed by atoms with Gasteiger partial charge < -0.3 is 14.7 Å². The highest BCUT2D eigenvalue weighted by Crippen LogP contribution is 2.38. The SMILES string of the molecule is Cc1ccccc1-c1cc(O)c2c(c1)CN(C(=O)C1=NNC(=O)CC1)CCO2. The number of hydrogen-bond donors (Lipinski definition) is 2. The number of nitrogens with one attached hydrogen (secondary N) is 1. The molecule has 28 heavy (non-hydrogen) atoms. The van der Waals surface area contributed by atoms with E-state index in [4.69, 9.17) is 4.74 Å². The molecule has 0 aliphatic carbocycles. The Hall–Kier alpha value is -3.35. The summed E-state index contributed by atoms with van der Waals surface area (Å²) in [6.07, 6.45) is 0.576. The van der Waals surface area contributed by atoms with Crippen molar-refractivity contribution >= 4 is 17.5 Å². The molecule has 4 rings (SSSR count). The number of hydrogen-bond acceptors (Lipinski definition) is 5. The van der Waals surface area contributed by atoms with Crippen molar-refractivity contribution < 1.29 is 19.4 Å². The smallest absolute Gasteiger partial charge is 0.270 e. The van der Waals surface area contributed by atoms with E-state index in [1.165, 1.54) is 0 Å². The summed E-state index contributed by atoms with van der Waals surface area (Å²) in [5.41, 5.74) is 6.42. The number of aryl methyl sites for hydroxylation is 1. The van der Waals surface area contributed by atoms with Gasteiger partial charge in [-0.3, -0.25) is 9.59 Å². The van der Waals surface area contributed by atoms with Gasteiger partial charge in [-0.25, -0.2) is 5.43 Å². The minimum Gasteiger partial charge on any atom is -0.504 e. The maximum absolute atomic E-state index is 12.8. The average Bonchev–Trinajstić information content (AvgIpc) is 2.91. The molecule has 2 aliphatic rings. The summed E-state index contributed by atoms with van der Waals surface area (Å²) < 4.78 is 5.73. The van der Waals surface area contributed by atoms with Gasteiger partial charge in [0.05, 0.1) is 6.54 Å². The number of amides is 2. The van der Waals surface area contributed by atoms with Gasteiger partial charge in [0, 0.05) is 24.9 Å². The first-order chi connectivity index (χ1) is 13.5. The first-order valence-electron chi connectivity index (χ1n) is 9.22. The van der Waals surface area contributed by atoms with E-state index in [0.29, 0.717) is 31.0 Å². The third-order valence-electron chi connectivity index (χ3n) is 5.01. The van der Waals surface area contributed by atoms with E-state index in [9.17, 15) is 14.7 Å². The van der Waals surface area contributed by atoms with Crippen LogP contribution in [0.4, 0.5) is 0 Å². The number of hydrazone groups is 1. The van der Waals surface area contributed by atoms with Gasteiger partial charge in [0.2, 0.25) is 5.91 Å². The minimum atomic E-state index is -0.225. The molecule has 144 valence electrons. The number of carbonyl (C=O) groups is 2. The van der Waals surface area contributed by atoms with Crippen molar-refractivity contribution in [3.05, 3.63) is 47.5 Å². The van der Waals surface area contributed by atoms with E-state index >= 15 is 0 Å². The maximum Gasteiger partial charge on any atom is 0.270 e. The Morgan fingerprint density at radius 3 is 2.82 bits per heavy atom. The number of nitrogens with zero attached hydrogens (tertiary/aromatic N) is 2. The van der Waals surface area contributed by atoms with Crippen LogP contribution < -0.4 is 10.2 Å². The first-order valence-corrected chi connectivity index (χ1v) is 9.22. The van der Waals surface area contributed by atoms with Gasteiger partial charge in [0.1, 0.15) is 12.3 Å². The van der Waals surface area contributed by atoms with E-state index in [1.54, 1.807) is 11.0 Å². The number of phenolic OH excluding ortho intramolecular Hbond substituents is 1. The second-order valence-corrected chi connectivity index (χ2v) is 6.97. The molecule has 0 unspecified atom stereocenters. The lowest BCUT2D eigenvalue weighted by molar-refractivity contribution is -0.125. The fraction of sp³-hybridized carbons (Fsp3) is 0.286. The van der Waals surface area contributed by atoms with Crippen molar-refractivity contribution in [2.24, 2.45) is 5.10 Å². The molecule has 2 aliphatic heterocycles. The van der Waals surface area contributed by atoms with Crippen LogP contribution in [0.2, 0.25) is 0 Å². The Morgan fingerprint density at radius 1 is 1.25 bits per heavy atom. The molecule has 2 aromatic rings. The fourth-order valence-corrected chi connectivity index (χ4v) is 3.54. The molecule has 0 aromatic heterocycles. The van der Waals surface area contributed by atoms with Crippen molar-refractivity contribution in [1.29, 1.82) is 0 Å². The molecule has 2 heterocycles. The van der Waals surface area contributed by atoms with Crippen LogP contribution in [0.5, 0.6) is 11.5 Å². The highest BCUT2D eigenvalue weighted by Gasteiger charge is 2.27. The standard InChI is InChI=1S/C21H21N3O4/c1-13-4-2-3-5-16(13)14-10-15-12-24(8-9-28-20(15)18(25)11-14)21(27)17-6-7-19(26)23-22-17/h2-5,10-11,25H,6-9,12H2,1H3,(H,23,26). The van der Waals surface area contributed by atoms with E-state index in [1.807, 2.05) is 37.3 Å². The Morgan fingerprint density at radius 2 is 2.07 bits per heavy atom. The van der Waals surface area contributed by atoms with Crippen molar-refractivity contribution in [3.63, 3.8) is 0 Å². The average molecular weight is 379 g/mol. The summed E-state index contributed by atoms with van der Waals surface area (Å²) in [4.78, 5) is 25.8. The molecule has 0 bridgehead atoms. The summed E-state index contributed by atoms with van der Waals surface area (Å²) in [6, 6.07) is 11.6. The van der Waals surface area contributed by atoms with Crippen molar-refractivity contribution in [3.8, 4) is 22.6 Å². The molecule has 2 N–H and O–H groups in total. The summed E-state index contributed by atoms with van der Waals surface area (Å²) in [7, 11) is 0. The van der Waals surface area contributed by atoms with Crippen LogP contribution >= 0.6 is 0 Å². The quantitative estimate of drug-likeness (QED) is 0.838. The van der Waals surface area contributed by atoms with Crippen LogP contribution in [0.15, 0.2) is 41.5 Å². The molecule has 0 atom stereocenters. The van der Waals surface area contributed by atoms with E-state index in [0.717, 1.165) is 22.3 Å². The highest BCUT2D eigenvalue weighted by atomic mass is 16.5. The summed E-state index contributed by atoms with van der Waals surface area (Å²) >= 11 is 0. The zero-order chi connectivity index (χ0) is 19.7. The van der Waals surface area contributed by atoms with E-state index in [2.05, 4.69) is 10.5 Å². The molecule has 0 spiro atoms. The second kappa shape index (κ2) is 7.34. The van der Waals surface area contributed by atoms with Crippen LogP contribution in [-0.2, 0) is 16.1 Å². The van der Waals surface area contributed by atoms with Gasteiger partial charge in [-0.15, -0.1) is 0 Å². The fourth-order valence-electron chi connectivity index (χ4n) is 3.54. The molecular weight excluding hydrogens is 358 g/mol. The van der Waals surface area contributed by atoms with E-state index in [-0.39, 0.29) is 30.6 Å². The number of fused-ring (bicyclic) bond motifs is 1. The van der Waals surface area contributed by atoms with Crippen LogP contribution in [0, 0.1) is 6.92 Å². The molecule has 0 radical (unpaired) electrons. The van der Waals surface area contributed by atoms with Crippen LogP contribution in [0.1, 0.15) is 24.0 Å². The maximum atomic E-state index is 12.8. The second-order valence-electron chi connectivity index (χ2n) is 6.97. The number of phenols is 1. The largest absolute Gasteiger partial charge is 0.504 e. The monoisotopic (exact) mass is 379 g/mol. The van der Waals surface area contributed by atoms with Gasteiger partial charge in [-0.1, -0.05) is 24.3 Å². The summed E-state index contributed by atoms with van der Waals surface area (Å²) in [5, 5.41) is 14.4. The molecular formula is C21H21N3O4. The number of aromatic hydroxyl groups is 1. The number of benzene rings is 2. The molecule has 0 saturated heterocycles. The lowest BCUT2D eigenvalue weighted by atomic mass is 9.97. The van der Waals surface area contributed by atoms with Crippen molar-refractivity contribution in [2.75, 3.05) is 13.2 Å². The predicted octanol–water partition coefficient (Wildman–Crippen LogP) is 2.35. The first kappa shape index (κ1) is 18.0. The zero-order valence-corrected chi connectivity index (χ0v) is 15.6. The lowest BCUT2D eigenvalue weighted by Crippen LogP contribution is -2.40. The molecule has 2 aromatic carbocycles. The lowest BCUT2D eigenvalue weighted by Gasteiger charge is -2.22. The Balaban J connectivity index is 1.66. The van der Waals surface area contributed by atoms with Gasteiger partial charge in [-0.05, 0) is 35.7 Å². The Bertz CT molecular complexity index is 984. The van der Waals surface area contributed by atoms with Gasteiger partial charge >= 0.3 is 0 Å². The predicted molar refractivity (Wildman–Crippen MR) is 104 cm³/mol. The van der Waals surface area contributed by atoms with Gasteiger partial charge in [-0.2, -0.15) is 5.10 Å². The van der Waals surface area contributed by atoms with E-state index < -0.39 is 0 Å². The zero-order valence-electron chi connectivity index (χ0n) is 15.6. The van der Waals surface area contributed by atoms with Gasteiger partial charge in [0.25, 0.3) is 5.91 Å². The molecule has 0 fully saturated rings. The Kier molecular flexibility index (Phi) is 4.73. The number of rotatable bonds is 2. The van der Waals surface area contributed by atoms with Gasteiger partial charge in [0.15, 0.2) is 11.5 Å². The molecule has 0 saturated carbocycles. The molecule has 7 nitrogen and oxygen atoms in total. The third-order valence-corrected chi connectivity index (χ3v) is 5.01. The van der Waals surface area contributed by atoms with Crippen LogP contribution in [-0.4, -0.2) is 40.7 Å². The molecule has 2 amide bonds. The molecule has 7 heteroatoms. The number of carbonyl (C=O) groups excluding carboxylic acids is 2. The van der Waals surface area contributed by atoms with Crippen LogP contribution in [0.25, 0.3) is 11.1 Å². The number of ether oxygens (including phenoxy) is 1. The third kappa shape index (κ3) is 3.43. The highest BCUT2D eigenvalue weighted by molar-refractivity contribution is 6.39. The van der Waals surface area contributed by atoms with Crippen LogP contribution in [0.3, 0.4) is 0 Å².